The lowest BCUT2D eigenvalue weighted by atomic mass is 10.4. The molecule has 0 aromatic carbocycles. The third-order valence-electron chi connectivity index (χ3n) is 1.48. The van der Waals surface area contributed by atoms with E-state index in [9.17, 15) is 0 Å². The van der Waals surface area contributed by atoms with Crippen LogP contribution < -0.4 is 0 Å². The first-order valence-corrected chi connectivity index (χ1v) is 4.40. The lowest BCUT2D eigenvalue weighted by molar-refractivity contribution is 0.266. The van der Waals surface area contributed by atoms with Crippen molar-refractivity contribution in [1.82, 2.24) is 9.78 Å². The second-order valence-corrected chi connectivity index (χ2v) is 3.17. The van der Waals surface area contributed by atoms with Gasteiger partial charge in [-0.25, -0.2) is 0 Å². The van der Waals surface area contributed by atoms with Crippen LogP contribution in [-0.2, 0) is 13.2 Å². The van der Waals surface area contributed by atoms with E-state index in [1.807, 2.05) is 4.68 Å². The van der Waals surface area contributed by atoms with Crippen molar-refractivity contribution in [2.75, 3.05) is 0 Å². The van der Waals surface area contributed by atoms with E-state index in [0.29, 0.717) is 0 Å². The van der Waals surface area contributed by atoms with Crippen molar-refractivity contribution >= 4 is 15.9 Å². The van der Waals surface area contributed by atoms with Gasteiger partial charge in [0.05, 0.1) is 23.0 Å². The van der Waals surface area contributed by atoms with E-state index in [4.69, 9.17) is 5.11 Å². The second kappa shape index (κ2) is 3.88. The largest absolute Gasteiger partial charge is 0.390 e. The van der Waals surface area contributed by atoms with Crippen LogP contribution in [0.25, 0.3) is 0 Å². The summed E-state index contributed by atoms with van der Waals surface area (Å²) in [5, 5.41) is 13.0. The van der Waals surface area contributed by atoms with Crippen LogP contribution in [-0.4, -0.2) is 14.9 Å². The van der Waals surface area contributed by atoms with Gasteiger partial charge in [-0.1, -0.05) is 6.92 Å². The summed E-state index contributed by atoms with van der Waals surface area (Å²) in [6, 6.07) is 0. The van der Waals surface area contributed by atoms with E-state index in [-0.39, 0.29) is 6.61 Å². The summed E-state index contributed by atoms with van der Waals surface area (Å²) in [4.78, 5) is 0. The minimum Gasteiger partial charge on any atom is -0.390 e. The van der Waals surface area contributed by atoms with Crippen molar-refractivity contribution in [3.8, 4) is 0 Å². The fourth-order valence-corrected chi connectivity index (χ4v) is 1.37. The minimum absolute atomic E-state index is 0.0422. The van der Waals surface area contributed by atoms with Gasteiger partial charge >= 0.3 is 0 Å². The van der Waals surface area contributed by atoms with Crippen LogP contribution in [0.2, 0.25) is 0 Å². The molecule has 0 saturated carbocycles. The number of halogens is 1. The molecule has 0 radical (unpaired) electrons. The molecule has 1 aromatic heterocycles. The molecule has 0 bridgehead atoms. The molecule has 1 rings (SSSR count). The van der Waals surface area contributed by atoms with Gasteiger partial charge in [0.25, 0.3) is 0 Å². The molecule has 0 aliphatic heterocycles. The molecular formula is C7H11BrN2O. The zero-order valence-corrected chi connectivity index (χ0v) is 8.00. The molecule has 0 spiro atoms. The Bertz CT molecular complexity index is 234. The summed E-state index contributed by atoms with van der Waals surface area (Å²) >= 11 is 3.30. The third-order valence-corrected chi connectivity index (χ3v) is 2.15. The Balaban J connectivity index is 2.86. The zero-order valence-electron chi connectivity index (χ0n) is 6.42. The Kier molecular flexibility index (Phi) is 3.08. The molecule has 0 aliphatic carbocycles. The first-order chi connectivity index (χ1) is 5.29. The molecule has 0 atom stereocenters. The van der Waals surface area contributed by atoms with Crippen molar-refractivity contribution in [3.05, 3.63) is 16.4 Å². The highest BCUT2D eigenvalue weighted by molar-refractivity contribution is 9.10. The Labute approximate surface area is 74.2 Å². The molecule has 1 heterocycles. The van der Waals surface area contributed by atoms with Crippen LogP contribution in [0, 0.1) is 0 Å². The molecule has 0 aliphatic rings. The molecule has 0 fully saturated rings. The molecule has 1 N–H and O–H groups in total. The van der Waals surface area contributed by atoms with Crippen molar-refractivity contribution in [1.29, 1.82) is 0 Å². The van der Waals surface area contributed by atoms with E-state index >= 15 is 0 Å². The molecule has 62 valence electrons. The molecule has 0 saturated heterocycles. The smallest absolute Gasteiger partial charge is 0.0861 e. The average molecular weight is 219 g/mol. The van der Waals surface area contributed by atoms with Crippen molar-refractivity contribution < 1.29 is 5.11 Å². The Morgan fingerprint density at radius 3 is 3.00 bits per heavy atom. The predicted molar refractivity (Wildman–Crippen MR) is 46.1 cm³/mol. The second-order valence-electron chi connectivity index (χ2n) is 2.32. The van der Waals surface area contributed by atoms with Gasteiger partial charge < -0.3 is 5.11 Å². The monoisotopic (exact) mass is 218 g/mol. The maximum absolute atomic E-state index is 8.92. The van der Waals surface area contributed by atoms with Gasteiger partial charge in [0.2, 0.25) is 0 Å². The summed E-state index contributed by atoms with van der Waals surface area (Å²) in [5.74, 6) is 0. The number of aliphatic hydroxyl groups is 1. The third kappa shape index (κ3) is 1.81. The SMILES string of the molecule is CCCn1ncc(Br)c1CO. The molecule has 0 amide bonds. The summed E-state index contributed by atoms with van der Waals surface area (Å²) in [6.07, 6.45) is 2.74. The van der Waals surface area contributed by atoms with E-state index < -0.39 is 0 Å². The topological polar surface area (TPSA) is 38.0 Å². The highest BCUT2D eigenvalue weighted by atomic mass is 79.9. The highest BCUT2D eigenvalue weighted by Crippen LogP contribution is 2.15. The molecule has 3 nitrogen and oxygen atoms in total. The van der Waals surface area contributed by atoms with Gasteiger partial charge in [0.1, 0.15) is 0 Å². The standard InChI is InChI=1S/C7H11BrN2O/c1-2-3-10-7(5-11)6(8)4-9-10/h4,11H,2-3,5H2,1H3. The highest BCUT2D eigenvalue weighted by Gasteiger charge is 2.05. The lowest BCUT2D eigenvalue weighted by Gasteiger charge is -2.02. The molecule has 1 aromatic rings. The van der Waals surface area contributed by atoms with Gasteiger partial charge in [0, 0.05) is 6.54 Å². The van der Waals surface area contributed by atoms with Crippen LogP contribution in [0.5, 0.6) is 0 Å². The van der Waals surface area contributed by atoms with Crippen LogP contribution in [0.4, 0.5) is 0 Å². The Morgan fingerprint density at radius 1 is 1.73 bits per heavy atom. The van der Waals surface area contributed by atoms with Gasteiger partial charge in [-0.3, -0.25) is 4.68 Å². The fraction of sp³-hybridized carbons (Fsp3) is 0.571. The van der Waals surface area contributed by atoms with Gasteiger partial charge in [-0.2, -0.15) is 5.10 Å². The quantitative estimate of drug-likeness (QED) is 0.837. The fourth-order valence-electron chi connectivity index (χ4n) is 0.950. The molecule has 4 heteroatoms. The van der Waals surface area contributed by atoms with Crippen molar-refractivity contribution in [2.24, 2.45) is 0 Å². The zero-order chi connectivity index (χ0) is 8.27. The molecule has 0 unspecified atom stereocenters. The lowest BCUT2D eigenvalue weighted by Crippen LogP contribution is -2.04. The number of hydrogen-bond donors (Lipinski definition) is 1. The normalized spacial score (nSPS) is 10.5. The number of hydrogen-bond acceptors (Lipinski definition) is 2. The summed E-state index contributed by atoms with van der Waals surface area (Å²) in [5.41, 5.74) is 0.854. The van der Waals surface area contributed by atoms with E-state index in [2.05, 4.69) is 28.0 Å². The summed E-state index contributed by atoms with van der Waals surface area (Å²) in [6.45, 7) is 2.98. The number of aromatic nitrogens is 2. The van der Waals surface area contributed by atoms with Gasteiger partial charge in [-0.05, 0) is 22.4 Å². The van der Waals surface area contributed by atoms with Gasteiger partial charge in [0.15, 0.2) is 0 Å². The Morgan fingerprint density at radius 2 is 2.45 bits per heavy atom. The number of rotatable bonds is 3. The number of nitrogens with zero attached hydrogens (tertiary/aromatic N) is 2. The Hall–Kier alpha value is -0.350. The van der Waals surface area contributed by atoms with E-state index in [1.165, 1.54) is 0 Å². The van der Waals surface area contributed by atoms with Crippen LogP contribution in [0.15, 0.2) is 10.7 Å². The average Bonchev–Trinajstić information content (AvgIpc) is 2.33. The predicted octanol–water partition coefficient (Wildman–Crippen LogP) is 1.55. The van der Waals surface area contributed by atoms with E-state index in [0.717, 1.165) is 23.1 Å². The maximum Gasteiger partial charge on any atom is 0.0861 e. The van der Waals surface area contributed by atoms with Crippen LogP contribution >= 0.6 is 15.9 Å². The van der Waals surface area contributed by atoms with Crippen molar-refractivity contribution in [3.63, 3.8) is 0 Å². The minimum atomic E-state index is 0.0422. The molecular weight excluding hydrogens is 208 g/mol. The number of aliphatic hydroxyl groups excluding tert-OH is 1. The van der Waals surface area contributed by atoms with E-state index in [1.54, 1.807) is 6.20 Å². The summed E-state index contributed by atoms with van der Waals surface area (Å²) < 4.78 is 2.69. The first-order valence-electron chi connectivity index (χ1n) is 3.60. The van der Waals surface area contributed by atoms with Gasteiger partial charge in [-0.15, -0.1) is 0 Å². The van der Waals surface area contributed by atoms with Crippen LogP contribution in [0.1, 0.15) is 19.0 Å². The van der Waals surface area contributed by atoms with Crippen molar-refractivity contribution in [2.45, 2.75) is 26.5 Å². The number of aryl methyl sites for hydroxylation is 1. The maximum atomic E-state index is 8.92. The van der Waals surface area contributed by atoms with Crippen LogP contribution in [0.3, 0.4) is 0 Å². The molecule has 11 heavy (non-hydrogen) atoms. The first kappa shape index (κ1) is 8.74. The summed E-state index contributed by atoms with van der Waals surface area (Å²) in [7, 11) is 0.